The SMILES string of the molecule is C/C(=N\OCc1cccc(Cl)c1Cl)c1cc(C)ccc1NS(=O)(=O)C(F)(F)F. The molecule has 0 aliphatic carbocycles. The minimum absolute atomic E-state index is 0.0356. The molecular weight excluding hydrogens is 440 g/mol. The Hall–Kier alpha value is -1.97. The van der Waals surface area contributed by atoms with Crippen LogP contribution in [0.5, 0.6) is 0 Å². The highest BCUT2D eigenvalue weighted by atomic mass is 35.5. The van der Waals surface area contributed by atoms with Crippen molar-refractivity contribution in [3.8, 4) is 0 Å². The summed E-state index contributed by atoms with van der Waals surface area (Å²) in [5, 5.41) is 4.49. The van der Waals surface area contributed by atoms with E-state index in [2.05, 4.69) is 5.16 Å². The zero-order valence-electron chi connectivity index (χ0n) is 14.6. The molecule has 0 aliphatic rings. The summed E-state index contributed by atoms with van der Waals surface area (Å²) in [4.78, 5) is 5.21. The molecular formula is C17H15Cl2F3N2O3S. The first-order valence-corrected chi connectivity index (χ1v) is 9.96. The third-order valence-corrected chi connectivity index (χ3v) is 5.52. The third kappa shape index (κ3) is 5.30. The fourth-order valence-corrected chi connectivity index (χ4v) is 3.11. The van der Waals surface area contributed by atoms with Gasteiger partial charge in [-0.2, -0.15) is 21.6 Å². The van der Waals surface area contributed by atoms with Gasteiger partial charge in [0.1, 0.15) is 6.61 Å². The van der Waals surface area contributed by atoms with Crippen LogP contribution < -0.4 is 4.72 Å². The Morgan fingerprint density at radius 2 is 1.89 bits per heavy atom. The molecule has 2 aromatic rings. The van der Waals surface area contributed by atoms with Crippen molar-refractivity contribution in [1.82, 2.24) is 0 Å². The first-order chi connectivity index (χ1) is 12.9. The van der Waals surface area contributed by atoms with Crippen LogP contribution in [0.4, 0.5) is 18.9 Å². The monoisotopic (exact) mass is 454 g/mol. The van der Waals surface area contributed by atoms with Gasteiger partial charge in [-0.15, -0.1) is 0 Å². The quantitative estimate of drug-likeness (QED) is 0.462. The second kappa shape index (κ2) is 8.59. The largest absolute Gasteiger partial charge is 0.516 e. The van der Waals surface area contributed by atoms with E-state index in [1.807, 2.05) is 0 Å². The predicted molar refractivity (Wildman–Crippen MR) is 103 cm³/mol. The van der Waals surface area contributed by atoms with Gasteiger partial charge in [-0.05, 0) is 32.0 Å². The van der Waals surface area contributed by atoms with Gasteiger partial charge in [-0.3, -0.25) is 4.72 Å². The molecule has 0 aliphatic heterocycles. The average Bonchev–Trinajstić information content (AvgIpc) is 2.59. The van der Waals surface area contributed by atoms with Gasteiger partial charge in [0.15, 0.2) is 0 Å². The third-order valence-electron chi connectivity index (χ3n) is 3.57. The molecule has 0 saturated heterocycles. The van der Waals surface area contributed by atoms with Crippen molar-refractivity contribution in [2.24, 2.45) is 5.16 Å². The number of anilines is 1. The van der Waals surface area contributed by atoms with E-state index in [4.69, 9.17) is 28.0 Å². The van der Waals surface area contributed by atoms with Crippen LogP contribution in [0, 0.1) is 6.92 Å². The van der Waals surface area contributed by atoms with Crippen molar-refractivity contribution in [3.63, 3.8) is 0 Å². The Kier molecular flexibility index (Phi) is 6.84. The van der Waals surface area contributed by atoms with Gasteiger partial charge in [0.2, 0.25) is 0 Å². The average molecular weight is 455 g/mol. The van der Waals surface area contributed by atoms with Crippen LogP contribution in [-0.4, -0.2) is 19.6 Å². The van der Waals surface area contributed by atoms with E-state index in [-0.39, 0.29) is 23.6 Å². The lowest BCUT2D eigenvalue weighted by atomic mass is 10.1. The lowest BCUT2D eigenvalue weighted by Gasteiger charge is -2.14. The first kappa shape index (κ1) is 22.3. The number of oxime groups is 1. The van der Waals surface area contributed by atoms with Gasteiger partial charge < -0.3 is 4.84 Å². The Balaban J connectivity index is 2.27. The molecule has 0 unspecified atom stereocenters. The van der Waals surface area contributed by atoms with Gasteiger partial charge in [0, 0.05) is 11.1 Å². The van der Waals surface area contributed by atoms with E-state index in [1.54, 1.807) is 25.1 Å². The van der Waals surface area contributed by atoms with Crippen LogP contribution in [0.3, 0.4) is 0 Å². The normalized spacial score (nSPS) is 12.8. The number of nitrogens with one attached hydrogen (secondary N) is 1. The van der Waals surface area contributed by atoms with Gasteiger partial charge in [0.05, 0.1) is 21.4 Å². The van der Waals surface area contributed by atoms with E-state index in [9.17, 15) is 21.6 Å². The summed E-state index contributed by atoms with van der Waals surface area (Å²) in [5.74, 6) is 0. The molecule has 11 heteroatoms. The fraction of sp³-hybridized carbons (Fsp3) is 0.235. The maximum atomic E-state index is 12.7. The second-order valence-corrected chi connectivity index (χ2v) is 8.22. The van der Waals surface area contributed by atoms with Crippen LogP contribution in [0.2, 0.25) is 10.0 Å². The summed E-state index contributed by atoms with van der Waals surface area (Å²) >= 11 is 12.0. The topological polar surface area (TPSA) is 67.8 Å². The summed E-state index contributed by atoms with van der Waals surface area (Å²) in [6.45, 7) is 3.14. The van der Waals surface area contributed by atoms with Crippen molar-refractivity contribution in [1.29, 1.82) is 0 Å². The van der Waals surface area contributed by atoms with Crippen LogP contribution in [-0.2, 0) is 21.5 Å². The van der Waals surface area contributed by atoms with Crippen LogP contribution in [0.25, 0.3) is 0 Å². The standard InChI is InChI=1S/C17H15Cl2F3N2O3S/c1-10-6-7-15(24-28(25,26)17(20,21)22)13(8-10)11(2)23-27-9-12-4-3-5-14(18)16(12)19/h3-8,24H,9H2,1-2H3/b23-11+. The zero-order chi connectivity index (χ0) is 21.1. The molecule has 2 rings (SSSR count). The van der Waals surface area contributed by atoms with Gasteiger partial charge in [-0.1, -0.05) is 52.1 Å². The summed E-state index contributed by atoms with van der Waals surface area (Å²) < 4.78 is 62.4. The van der Waals surface area contributed by atoms with Crippen LogP contribution in [0.1, 0.15) is 23.6 Å². The molecule has 0 bridgehead atoms. The summed E-state index contributed by atoms with van der Waals surface area (Å²) in [7, 11) is -5.57. The second-order valence-electron chi connectivity index (χ2n) is 5.76. The van der Waals surface area contributed by atoms with E-state index in [0.29, 0.717) is 21.2 Å². The fourth-order valence-electron chi connectivity index (χ4n) is 2.16. The predicted octanol–water partition coefficient (Wildman–Crippen LogP) is 5.50. The van der Waals surface area contributed by atoms with E-state index in [0.717, 1.165) is 0 Å². The van der Waals surface area contributed by atoms with Gasteiger partial charge >= 0.3 is 15.5 Å². The Morgan fingerprint density at radius 1 is 1.21 bits per heavy atom. The number of rotatable bonds is 6. The van der Waals surface area contributed by atoms with E-state index < -0.39 is 15.5 Å². The number of halogens is 5. The number of nitrogens with zero attached hydrogens (tertiary/aromatic N) is 1. The number of sulfonamides is 1. The van der Waals surface area contributed by atoms with Gasteiger partial charge in [0.25, 0.3) is 0 Å². The van der Waals surface area contributed by atoms with Crippen molar-refractivity contribution < 1.29 is 26.4 Å². The van der Waals surface area contributed by atoms with Gasteiger partial charge in [-0.25, -0.2) is 0 Å². The minimum Gasteiger partial charge on any atom is -0.391 e. The highest BCUT2D eigenvalue weighted by Crippen LogP contribution is 2.28. The number of hydrogen-bond donors (Lipinski definition) is 1. The van der Waals surface area contributed by atoms with E-state index >= 15 is 0 Å². The zero-order valence-corrected chi connectivity index (χ0v) is 17.0. The molecule has 0 radical (unpaired) electrons. The molecule has 0 atom stereocenters. The summed E-state index contributed by atoms with van der Waals surface area (Å²) in [6, 6.07) is 9.14. The Bertz CT molecular complexity index is 1010. The summed E-state index contributed by atoms with van der Waals surface area (Å²) in [5.41, 5.74) is -4.15. The van der Waals surface area contributed by atoms with Crippen LogP contribution >= 0.6 is 23.2 Å². The van der Waals surface area contributed by atoms with Crippen LogP contribution in [0.15, 0.2) is 41.6 Å². The number of benzene rings is 2. The molecule has 0 amide bonds. The number of aryl methyl sites for hydroxylation is 1. The lowest BCUT2D eigenvalue weighted by Crippen LogP contribution is -2.30. The maximum absolute atomic E-state index is 12.7. The molecule has 2 aromatic carbocycles. The highest BCUT2D eigenvalue weighted by molar-refractivity contribution is 7.93. The van der Waals surface area contributed by atoms with Crippen molar-refractivity contribution in [2.75, 3.05) is 4.72 Å². The van der Waals surface area contributed by atoms with Crippen molar-refractivity contribution >= 4 is 44.6 Å². The molecule has 5 nitrogen and oxygen atoms in total. The number of hydrogen-bond acceptors (Lipinski definition) is 4. The van der Waals surface area contributed by atoms with E-state index in [1.165, 1.54) is 29.8 Å². The van der Waals surface area contributed by atoms with Crippen molar-refractivity contribution in [2.45, 2.75) is 26.0 Å². The Morgan fingerprint density at radius 3 is 2.54 bits per heavy atom. The number of alkyl halides is 3. The minimum atomic E-state index is -5.57. The molecule has 152 valence electrons. The molecule has 0 aromatic heterocycles. The molecule has 0 spiro atoms. The first-order valence-electron chi connectivity index (χ1n) is 7.72. The lowest BCUT2D eigenvalue weighted by molar-refractivity contribution is -0.0429. The molecule has 0 heterocycles. The molecule has 1 N–H and O–H groups in total. The maximum Gasteiger partial charge on any atom is 0.516 e. The molecule has 28 heavy (non-hydrogen) atoms. The van der Waals surface area contributed by atoms with Crippen molar-refractivity contribution in [3.05, 3.63) is 63.1 Å². The Labute approximate surface area is 170 Å². The summed E-state index contributed by atoms with van der Waals surface area (Å²) in [6.07, 6.45) is 0. The molecule has 0 saturated carbocycles. The highest BCUT2D eigenvalue weighted by Gasteiger charge is 2.46. The smallest absolute Gasteiger partial charge is 0.391 e. The molecule has 0 fully saturated rings.